The molecular weight excluding hydrogens is 349 g/mol. The molecule has 2 aromatic rings. The van der Waals surface area contributed by atoms with Crippen molar-refractivity contribution in [2.24, 2.45) is 5.92 Å². The lowest BCUT2D eigenvalue weighted by molar-refractivity contribution is -0.132. The van der Waals surface area contributed by atoms with Gasteiger partial charge in [0.15, 0.2) is 0 Å². The van der Waals surface area contributed by atoms with Crippen molar-refractivity contribution in [2.75, 3.05) is 0 Å². The van der Waals surface area contributed by atoms with E-state index in [4.69, 9.17) is 0 Å². The number of nitrogens with one attached hydrogen (secondary N) is 3. The number of aromatic nitrogens is 1. The van der Waals surface area contributed by atoms with Gasteiger partial charge in [0.2, 0.25) is 11.8 Å². The first-order valence-corrected chi connectivity index (χ1v) is 9.41. The third-order valence-electron chi connectivity index (χ3n) is 4.37. The van der Waals surface area contributed by atoms with Crippen LogP contribution in [-0.2, 0) is 19.6 Å². The highest BCUT2D eigenvalue weighted by Gasteiger charge is 2.33. The van der Waals surface area contributed by atoms with E-state index < -0.39 is 27.7 Å². The second-order valence-electron chi connectivity index (χ2n) is 6.09. The van der Waals surface area contributed by atoms with Gasteiger partial charge in [0, 0.05) is 30.1 Å². The minimum absolute atomic E-state index is 0.0693. The van der Waals surface area contributed by atoms with Gasteiger partial charge in [-0.3, -0.25) is 9.59 Å². The molecule has 0 aliphatic carbocycles. The molecule has 134 valence electrons. The van der Waals surface area contributed by atoms with Crippen LogP contribution < -0.4 is 10.0 Å². The number of rotatable bonds is 4. The first-order chi connectivity index (χ1) is 11.8. The smallest absolute Gasteiger partial charge is 0.266 e. The summed E-state index contributed by atoms with van der Waals surface area (Å²) in [4.78, 5) is 26.4. The molecule has 2 amide bonds. The van der Waals surface area contributed by atoms with Gasteiger partial charge in [-0.25, -0.2) is 17.5 Å². The maximum Gasteiger partial charge on any atom is 0.266 e. The number of sulfonamides is 1. The molecule has 3 rings (SSSR count). The number of hydrogen-bond donors (Lipinski definition) is 3. The molecule has 0 saturated carbocycles. The number of H-pyrrole nitrogens is 1. The molecule has 3 N–H and O–H groups in total. The first-order valence-electron chi connectivity index (χ1n) is 7.93. The molecule has 7 nitrogen and oxygen atoms in total. The van der Waals surface area contributed by atoms with Crippen molar-refractivity contribution in [3.8, 4) is 0 Å². The molecule has 1 aromatic carbocycles. The van der Waals surface area contributed by atoms with Gasteiger partial charge in [-0.1, -0.05) is 13.0 Å². The largest absolute Gasteiger partial charge is 0.360 e. The van der Waals surface area contributed by atoms with E-state index in [1.807, 2.05) is 11.6 Å². The van der Waals surface area contributed by atoms with Gasteiger partial charge in [-0.15, -0.1) is 0 Å². The second-order valence-corrected chi connectivity index (χ2v) is 7.75. The van der Waals surface area contributed by atoms with E-state index in [1.54, 1.807) is 0 Å². The van der Waals surface area contributed by atoms with Crippen molar-refractivity contribution in [1.29, 1.82) is 0 Å². The van der Waals surface area contributed by atoms with E-state index >= 15 is 0 Å². The van der Waals surface area contributed by atoms with Gasteiger partial charge >= 0.3 is 0 Å². The van der Waals surface area contributed by atoms with E-state index in [-0.39, 0.29) is 28.7 Å². The van der Waals surface area contributed by atoms with Crippen LogP contribution in [0.3, 0.4) is 0 Å². The molecule has 0 radical (unpaired) electrons. The molecule has 0 unspecified atom stereocenters. The van der Waals surface area contributed by atoms with Gasteiger partial charge in [0.25, 0.3) is 10.0 Å². The number of hydrogen-bond acceptors (Lipinski definition) is 4. The van der Waals surface area contributed by atoms with Crippen molar-refractivity contribution in [3.05, 3.63) is 30.2 Å². The zero-order valence-corrected chi connectivity index (χ0v) is 14.3. The maximum absolute atomic E-state index is 14.0. The Kier molecular flexibility index (Phi) is 4.51. The number of amides is 2. The Bertz CT molecular complexity index is 938. The normalized spacial score (nSPS) is 21.1. The number of halogens is 1. The highest BCUT2D eigenvalue weighted by molar-refractivity contribution is 7.90. The summed E-state index contributed by atoms with van der Waals surface area (Å²) >= 11 is 0. The lowest BCUT2D eigenvalue weighted by Crippen LogP contribution is -2.47. The SMILES string of the molecule is CC[C@@H]1C[C@H](C(=O)NS(=O)(=O)c2c[nH]c3cccc(F)c23)CC(=O)N1. The maximum atomic E-state index is 14.0. The van der Waals surface area contributed by atoms with Gasteiger partial charge in [0.1, 0.15) is 10.7 Å². The molecule has 1 fully saturated rings. The van der Waals surface area contributed by atoms with Crippen LogP contribution in [0, 0.1) is 11.7 Å². The standard InChI is InChI=1S/C16H18FN3O4S/c1-2-10-6-9(7-14(21)19-10)16(22)20-25(23,24)13-8-18-12-5-3-4-11(17)15(12)13/h3-5,8-10,18H,2,6-7H2,1H3,(H,19,21)(H,20,22)/t9-,10+/m0/s1. The van der Waals surface area contributed by atoms with Crippen LogP contribution in [0.5, 0.6) is 0 Å². The van der Waals surface area contributed by atoms with E-state index in [0.29, 0.717) is 18.4 Å². The number of benzene rings is 1. The molecule has 1 saturated heterocycles. The molecule has 1 aliphatic heterocycles. The van der Waals surface area contributed by atoms with Gasteiger partial charge < -0.3 is 10.3 Å². The van der Waals surface area contributed by atoms with Crippen LogP contribution in [0.4, 0.5) is 4.39 Å². The fourth-order valence-electron chi connectivity index (χ4n) is 3.06. The molecule has 0 bridgehead atoms. The summed E-state index contributed by atoms with van der Waals surface area (Å²) < 4.78 is 41.0. The molecule has 1 aromatic heterocycles. The molecular formula is C16H18FN3O4S. The van der Waals surface area contributed by atoms with Gasteiger partial charge in [0.05, 0.1) is 5.39 Å². The topological polar surface area (TPSA) is 108 Å². The predicted molar refractivity (Wildman–Crippen MR) is 88.5 cm³/mol. The fourth-order valence-corrected chi connectivity index (χ4v) is 4.29. The number of carbonyl (C=O) groups excluding carboxylic acids is 2. The highest BCUT2D eigenvalue weighted by atomic mass is 32.2. The lowest BCUT2D eigenvalue weighted by atomic mass is 9.90. The summed E-state index contributed by atoms with van der Waals surface area (Å²) in [6.45, 7) is 1.87. The molecule has 9 heteroatoms. The number of aromatic amines is 1. The minimum Gasteiger partial charge on any atom is -0.360 e. The molecule has 25 heavy (non-hydrogen) atoms. The van der Waals surface area contributed by atoms with Crippen molar-refractivity contribution < 1.29 is 22.4 Å². The number of carbonyl (C=O) groups is 2. The fraction of sp³-hybridized carbons (Fsp3) is 0.375. The first kappa shape index (κ1) is 17.4. The third kappa shape index (κ3) is 3.37. The van der Waals surface area contributed by atoms with Gasteiger partial charge in [-0.2, -0.15) is 0 Å². The Morgan fingerprint density at radius 3 is 2.88 bits per heavy atom. The highest BCUT2D eigenvalue weighted by Crippen LogP contribution is 2.26. The van der Waals surface area contributed by atoms with Crippen molar-refractivity contribution in [3.63, 3.8) is 0 Å². The Morgan fingerprint density at radius 2 is 2.16 bits per heavy atom. The van der Waals surface area contributed by atoms with E-state index in [0.717, 1.165) is 12.3 Å². The Labute approximate surface area is 144 Å². The predicted octanol–water partition coefficient (Wildman–Crippen LogP) is 1.42. The average molecular weight is 367 g/mol. The van der Waals surface area contributed by atoms with Crippen LogP contribution in [0.15, 0.2) is 29.3 Å². The Balaban J connectivity index is 1.86. The number of piperidine rings is 1. The molecule has 1 aliphatic rings. The van der Waals surface area contributed by atoms with Crippen molar-refractivity contribution in [2.45, 2.75) is 37.1 Å². The van der Waals surface area contributed by atoms with Crippen LogP contribution >= 0.6 is 0 Å². The van der Waals surface area contributed by atoms with Crippen molar-refractivity contribution in [1.82, 2.24) is 15.0 Å². The zero-order valence-electron chi connectivity index (χ0n) is 13.5. The molecule has 0 spiro atoms. The van der Waals surface area contributed by atoms with Crippen LogP contribution in [0.2, 0.25) is 0 Å². The van der Waals surface area contributed by atoms with Crippen LogP contribution in [0.25, 0.3) is 10.9 Å². The van der Waals surface area contributed by atoms with Gasteiger partial charge in [-0.05, 0) is 25.0 Å². The Hall–Kier alpha value is -2.42. The summed E-state index contributed by atoms with van der Waals surface area (Å²) in [6, 6.07) is 3.98. The summed E-state index contributed by atoms with van der Waals surface area (Å²) in [5, 5.41) is 2.65. The lowest BCUT2D eigenvalue weighted by Gasteiger charge is -2.28. The summed E-state index contributed by atoms with van der Waals surface area (Å²) in [6.07, 6.45) is 2.09. The summed E-state index contributed by atoms with van der Waals surface area (Å²) in [5.41, 5.74) is 0.316. The van der Waals surface area contributed by atoms with E-state index in [2.05, 4.69) is 10.3 Å². The average Bonchev–Trinajstić information content (AvgIpc) is 3.00. The number of fused-ring (bicyclic) bond motifs is 1. The minimum atomic E-state index is -4.26. The van der Waals surface area contributed by atoms with Crippen LogP contribution in [-0.4, -0.2) is 31.3 Å². The van der Waals surface area contributed by atoms with Crippen LogP contribution in [0.1, 0.15) is 26.2 Å². The quantitative estimate of drug-likeness (QED) is 0.759. The van der Waals surface area contributed by atoms with Crippen molar-refractivity contribution >= 4 is 32.7 Å². The van der Waals surface area contributed by atoms with E-state index in [1.165, 1.54) is 12.1 Å². The molecule has 2 heterocycles. The van der Waals surface area contributed by atoms with E-state index in [9.17, 15) is 22.4 Å². The summed E-state index contributed by atoms with van der Waals surface area (Å²) in [7, 11) is -4.26. The Morgan fingerprint density at radius 1 is 1.40 bits per heavy atom. The summed E-state index contributed by atoms with van der Waals surface area (Å²) in [5.74, 6) is -2.47. The second kappa shape index (κ2) is 6.47. The molecule has 2 atom stereocenters. The monoisotopic (exact) mass is 367 g/mol. The zero-order chi connectivity index (χ0) is 18.2. The third-order valence-corrected chi connectivity index (χ3v) is 5.74.